The van der Waals surface area contributed by atoms with E-state index < -0.39 is 0 Å². The van der Waals surface area contributed by atoms with E-state index in [-0.39, 0.29) is 5.75 Å². The number of aldehydes is 1. The number of anilines is 2. The zero-order valence-electron chi connectivity index (χ0n) is 24.3. The third-order valence-corrected chi connectivity index (χ3v) is 8.61. The summed E-state index contributed by atoms with van der Waals surface area (Å²) in [5.74, 6) is 1.66. The average Bonchev–Trinajstić information content (AvgIpc) is 3.48. The smallest absolute Gasteiger partial charge is 0.318 e. The van der Waals surface area contributed by atoms with Crippen molar-refractivity contribution in [3.8, 4) is 11.8 Å². The van der Waals surface area contributed by atoms with Crippen molar-refractivity contribution in [2.45, 2.75) is 19.4 Å². The second-order valence-electron chi connectivity index (χ2n) is 11.4. The van der Waals surface area contributed by atoms with Crippen LogP contribution >= 0.6 is 0 Å². The Morgan fingerprint density at radius 3 is 2.74 bits per heavy atom. The van der Waals surface area contributed by atoms with Crippen LogP contribution in [0, 0.1) is 5.92 Å². The quantitative estimate of drug-likeness (QED) is 0.289. The predicted molar refractivity (Wildman–Crippen MR) is 163 cm³/mol. The Morgan fingerprint density at radius 2 is 1.90 bits per heavy atom. The number of hydrogen-bond donors (Lipinski definition) is 1. The Hall–Kier alpha value is -3.89. The van der Waals surface area contributed by atoms with Crippen LogP contribution in [0.3, 0.4) is 0 Å². The van der Waals surface area contributed by atoms with Gasteiger partial charge in [0.15, 0.2) is 0 Å². The molecule has 0 radical (unpaired) electrons. The van der Waals surface area contributed by atoms with E-state index in [2.05, 4.69) is 25.7 Å². The number of allylic oxidation sites excluding steroid dienone is 1. The molecule has 42 heavy (non-hydrogen) atoms. The summed E-state index contributed by atoms with van der Waals surface area (Å²) in [4.78, 5) is 30.0. The lowest BCUT2D eigenvalue weighted by atomic mass is 10.0. The largest absolute Gasteiger partial charge is 0.508 e. The molecule has 3 aliphatic heterocycles. The van der Waals surface area contributed by atoms with E-state index in [0.717, 1.165) is 106 Å². The second-order valence-corrected chi connectivity index (χ2v) is 11.4. The van der Waals surface area contributed by atoms with Crippen molar-refractivity contribution in [3.63, 3.8) is 0 Å². The second kappa shape index (κ2) is 13.0. The number of piperazine rings is 1. The molecule has 0 saturated carbocycles. The van der Waals surface area contributed by atoms with E-state index in [1.165, 1.54) is 5.56 Å². The van der Waals surface area contributed by atoms with Crippen molar-refractivity contribution in [1.82, 2.24) is 19.8 Å². The molecule has 2 aromatic carbocycles. The maximum atomic E-state index is 10.8. The molecular formula is C32H40N6O4. The van der Waals surface area contributed by atoms with Crippen LogP contribution in [0.15, 0.2) is 48.7 Å². The van der Waals surface area contributed by atoms with Gasteiger partial charge in [-0.05, 0) is 36.9 Å². The first-order chi connectivity index (χ1) is 20.6. The number of rotatable bonds is 10. The number of hydrogen-bond acceptors (Lipinski definition) is 10. The van der Waals surface area contributed by atoms with Gasteiger partial charge in [-0.1, -0.05) is 24.3 Å². The van der Waals surface area contributed by atoms with E-state index in [4.69, 9.17) is 19.4 Å². The van der Waals surface area contributed by atoms with Crippen molar-refractivity contribution >= 4 is 28.6 Å². The molecule has 6 rings (SSSR count). The van der Waals surface area contributed by atoms with Gasteiger partial charge in [-0.2, -0.15) is 9.97 Å². The fourth-order valence-electron chi connectivity index (χ4n) is 6.36. The molecule has 4 heterocycles. The summed E-state index contributed by atoms with van der Waals surface area (Å²) in [6, 6.07) is 12.3. The molecule has 2 fully saturated rings. The minimum atomic E-state index is 0.263. The minimum Gasteiger partial charge on any atom is -0.508 e. The molecule has 3 aliphatic rings. The number of aromatic nitrogens is 2. The molecule has 222 valence electrons. The highest BCUT2D eigenvalue weighted by Crippen LogP contribution is 2.36. The Bertz CT molecular complexity index is 1420. The molecular weight excluding hydrogens is 532 g/mol. The highest BCUT2D eigenvalue weighted by Gasteiger charge is 2.29. The number of aromatic hydroxyl groups is 1. The van der Waals surface area contributed by atoms with Gasteiger partial charge in [0.05, 0.1) is 25.5 Å². The normalized spacial score (nSPS) is 19.5. The van der Waals surface area contributed by atoms with E-state index in [1.54, 1.807) is 13.2 Å². The molecule has 0 amide bonds. The molecule has 0 aliphatic carbocycles. The van der Waals surface area contributed by atoms with Gasteiger partial charge in [0, 0.05) is 87.7 Å². The maximum Gasteiger partial charge on any atom is 0.318 e. The summed E-state index contributed by atoms with van der Waals surface area (Å²) in [6.45, 7) is 9.01. The standard InChI is InChI=1S/C32H40N6O4/c1-41-18-16-36-10-7-24(21-36)23-42-32-33-29-22-38(30-20-26(40)19-25-5-2-3-6-27(25)30)11-8-28(29)31(34-32)37-14-12-35(13-15-37)9-4-17-39/h2-6,9,17,19-20,24,40H,7-8,10-16,18,21-23H2,1H3/t24-/m1/s1. The van der Waals surface area contributed by atoms with Crippen molar-refractivity contribution in [2.75, 3.05) is 82.5 Å². The third kappa shape index (κ3) is 6.29. The van der Waals surface area contributed by atoms with Gasteiger partial charge in [-0.15, -0.1) is 0 Å². The van der Waals surface area contributed by atoms with Crippen LogP contribution in [0.1, 0.15) is 17.7 Å². The number of carbonyl (C=O) groups excluding carboxylic acids is 1. The Morgan fingerprint density at radius 1 is 1.05 bits per heavy atom. The summed E-state index contributed by atoms with van der Waals surface area (Å²) in [5, 5.41) is 12.6. The van der Waals surface area contributed by atoms with Gasteiger partial charge in [0.2, 0.25) is 0 Å². The number of nitrogens with zero attached hydrogens (tertiary/aromatic N) is 6. The average molecular weight is 573 g/mol. The summed E-state index contributed by atoms with van der Waals surface area (Å²) in [7, 11) is 1.74. The SMILES string of the molecule is COCCN1CC[C@@H](COc2nc3c(c(N4CCN(C=CC=O)CC4)n2)CCN(c2cc(O)cc4ccccc24)C3)C1. The molecule has 0 unspecified atom stereocenters. The minimum absolute atomic E-state index is 0.263. The molecule has 1 atom stereocenters. The number of fused-ring (bicyclic) bond motifs is 2. The Kier molecular flexibility index (Phi) is 8.71. The molecule has 3 aromatic rings. The zero-order valence-corrected chi connectivity index (χ0v) is 24.3. The number of phenolic OH excluding ortho intramolecular Hbond substituents is 1. The fourth-order valence-corrected chi connectivity index (χ4v) is 6.36. The lowest BCUT2D eigenvalue weighted by Crippen LogP contribution is -2.45. The highest BCUT2D eigenvalue weighted by atomic mass is 16.5. The van der Waals surface area contributed by atoms with Crippen molar-refractivity contribution < 1.29 is 19.4 Å². The first-order valence-electron chi connectivity index (χ1n) is 14.9. The van der Waals surface area contributed by atoms with Gasteiger partial charge >= 0.3 is 6.01 Å². The zero-order chi connectivity index (χ0) is 28.9. The molecule has 10 nitrogen and oxygen atoms in total. The van der Waals surface area contributed by atoms with Crippen LogP contribution in [0.2, 0.25) is 0 Å². The van der Waals surface area contributed by atoms with Gasteiger partial charge in [-0.25, -0.2) is 0 Å². The molecule has 1 N–H and O–H groups in total. The van der Waals surface area contributed by atoms with Crippen LogP contribution in [-0.4, -0.2) is 104 Å². The predicted octanol–water partition coefficient (Wildman–Crippen LogP) is 3.08. The maximum absolute atomic E-state index is 10.8. The summed E-state index contributed by atoms with van der Waals surface area (Å²) in [5.41, 5.74) is 3.16. The first kappa shape index (κ1) is 28.2. The van der Waals surface area contributed by atoms with Crippen LogP contribution in [0.5, 0.6) is 11.8 Å². The van der Waals surface area contributed by atoms with Crippen LogP contribution in [0.4, 0.5) is 11.5 Å². The van der Waals surface area contributed by atoms with E-state index in [1.807, 2.05) is 36.5 Å². The van der Waals surface area contributed by atoms with Gasteiger partial charge in [-0.3, -0.25) is 4.79 Å². The van der Waals surface area contributed by atoms with Crippen molar-refractivity contribution in [3.05, 3.63) is 59.9 Å². The molecule has 0 bridgehead atoms. The number of carbonyl (C=O) groups is 1. The van der Waals surface area contributed by atoms with E-state index in [0.29, 0.717) is 25.1 Å². The Balaban J connectivity index is 1.25. The lowest BCUT2D eigenvalue weighted by Gasteiger charge is -2.38. The number of phenols is 1. The number of benzene rings is 2. The van der Waals surface area contributed by atoms with Crippen LogP contribution in [-0.2, 0) is 22.5 Å². The van der Waals surface area contributed by atoms with Crippen LogP contribution < -0.4 is 14.5 Å². The summed E-state index contributed by atoms with van der Waals surface area (Å²) in [6.07, 6.45) is 6.13. The van der Waals surface area contributed by atoms with Crippen LogP contribution in [0.25, 0.3) is 10.8 Å². The lowest BCUT2D eigenvalue weighted by molar-refractivity contribution is -0.104. The molecule has 2 saturated heterocycles. The highest BCUT2D eigenvalue weighted by molar-refractivity contribution is 5.95. The number of likely N-dealkylation sites (tertiary alicyclic amines) is 1. The van der Waals surface area contributed by atoms with E-state index in [9.17, 15) is 9.90 Å². The molecule has 0 spiro atoms. The summed E-state index contributed by atoms with van der Waals surface area (Å²) >= 11 is 0. The Labute approximate surface area is 247 Å². The fraction of sp³-hybridized carbons (Fsp3) is 0.469. The first-order valence-corrected chi connectivity index (χ1v) is 14.9. The number of ether oxygens (including phenoxy) is 2. The van der Waals surface area contributed by atoms with Gasteiger partial charge in [0.25, 0.3) is 0 Å². The van der Waals surface area contributed by atoms with Gasteiger partial charge in [0.1, 0.15) is 17.9 Å². The van der Waals surface area contributed by atoms with Gasteiger partial charge < -0.3 is 34.2 Å². The third-order valence-electron chi connectivity index (χ3n) is 8.61. The molecule has 1 aromatic heterocycles. The topological polar surface area (TPSA) is 94.5 Å². The molecule has 10 heteroatoms. The monoisotopic (exact) mass is 572 g/mol. The number of methoxy groups -OCH3 is 1. The van der Waals surface area contributed by atoms with Crippen molar-refractivity contribution in [2.24, 2.45) is 5.92 Å². The van der Waals surface area contributed by atoms with Crippen molar-refractivity contribution in [1.29, 1.82) is 0 Å². The summed E-state index contributed by atoms with van der Waals surface area (Å²) < 4.78 is 11.6. The van der Waals surface area contributed by atoms with E-state index >= 15 is 0 Å².